The average Bonchev–Trinajstić information content (AvgIpc) is 2.80. The molecule has 3 atom stereocenters. The van der Waals surface area contributed by atoms with E-state index in [9.17, 15) is 18.3 Å². The summed E-state index contributed by atoms with van der Waals surface area (Å²) in [5, 5.41) is 9.71. The van der Waals surface area contributed by atoms with Crippen LogP contribution in [0.4, 0.5) is 0 Å². The maximum atomic E-state index is 13.3. The number of aryl methyl sites for hydroxylation is 1. The number of likely N-dealkylation sites (N-methyl/N-ethyl adjacent to an activating group) is 1. The molecule has 1 aromatic heterocycles. The first kappa shape index (κ1) is 25.9. The van der Waals surface area contributed by atoms with Gasteiger partial charge in [-0.2, -0.15) is 4.31 Å². The molecule has 176 valence electrons. The third kappa shape index (κ3) is 6.32. The van der Waals surface area contributed by atoms with Gasteiger partial charge in [-0.3, -0.25) is 9.78 Å². The van der Waals surface area contributed by atoms with E-state index in [0.29, 0.717) is 0 Å². The Bertz CT molecular complexity index is 970. The van der Waals surface area contributed by atoms with Crippen molar-refractivity contribution in [2.75, 3.05) is 33.9 Å². The zero-order valence-corrected chi connectivity index (χ0v) is 20.0. The summed E-state index contributed by atoms with van der Waals surface area (Å²) in [6.45, 7) is 5.43. The van der Waals surface area contributed by atoms with Crippen molar-refractivity contribution in [1.29, 1.82) is 0 Å². The van der Waals surface area contributed by atoms with Gasteiger partial charge in [0.25, 0.3) is 5.91 Å². The number of rotatable bonds is 11. The molecule has 0 fully saturated rings. The normalized spacial score (nSPS) is 14.7. The Labute approximate surface area is 190 Å². The molecule has 0 aliphatic rings. The molecular weight excluding hydrogens is 432 g/mol. The van der Waals surface area contributed by atoms with E-state index in [2.05, 4.69) is 9.97 Å². The van der Waals surface area contributed by atoms with Crippen molar-refractivity contribution in [1.82, 2.24) is 19.2 Å². The lowest BCUT2D eigenvalue weighted by atomic mass is 10.0. The van der Waals surface area contributed by atoms with Gasteiger partial charge in [0, 0.05) is 45.7 Å². The molecule has 0 saturated carbocycles. The van der Waals surface area contributed by atoms with Crippen LogP contribution in [0.5, 0.6) is 0 Å². The van der Waals surface area contributed by atoms with Gasteiger partial charge >= 0.3 is 0 Å². The van der Waals surface area contributed by atoms with Crippen LogP contribution in [0.25, 0.3) is 0 Å². The fourth-order valence-electron chi connectivity index (χ4n) is 3.30. The third-order valence-corrected chi connectivity index (χ3v) is 7.37. The number of ether oxygens (including phenoxy) is 1. The molecule has 1 amide bonds. The van der Waals surface area contributed by atoms with Gasteiger partial charge in [0.2, 0.25) is 10.0 Å². The van der Waals surface area contributed by atoms with Gasteiger partial charge in [0.15, 0.2) is 0 Å². The summed E-state index contributed by atoms with van der Waals surface area (Å²) in [6.07, 6.45) is 3.88. The number of hydrogen-bond acceptors (Lipinski definition) is 7. The topological polar surface area (TPSA) is 113 Å². The average molecular weight is 465 g/mol. The molecule has 0 spiro atoms. The molecule has 1 heterocycles. The summed E-state index contributed by atoms with van der Waals surface area (Å²) >= 11 is 0. The van der Waals surface area contributed by atoms with Gasteiger partial charge in [0.1, 0.15) is 5.69 Å². The first-order chi connectivity index (χ1) is 15.1. The van der Waals surface area contributed by atoms with Gasteiger partial charge in [-0.1, -0.05) is 24.6 Å². The summed E-state index contributed by atoms with van der Waals surface area (Å²) in [5.74, 6) is -0.577. The molecule has 0 unspecified atom stereocenters. The Hall–Kier alpha value is -2.40. The van der Waals surface area contributed by atoms with Crippen LogP contribution >= 0.6 is 0 Å². The van der Waals surface area contributed by atoms with Gasteiger partial charge in [-0.05, 0) is 31.9 Å². The quantitative estimate of drug-likeness (QED) is 0.537. The van der Waals surface area contributed by atoms with Crippen LogP contribution in [0.15, 0.2) is 47.8 Å². The zero-order chi connectivity index (χ0) is 23.9. The van der Waals surface area contributed by atoms with Crippen molar-refractivity contribution >= 4 is 15.9 Å². The number of nitrogens with zero attached hydrogens (tertiary/aromatic N) is 4. The molecule has 9 nitrogen and oxygen atoms in total. The lowest BCUT2D eigenvalue weighted by Gasteiger charge is -2.33. The third-order valence-electron chi connectivity index (χ3n) is 5.37. The van der Waals surface area contributed by atoms with E-state index >= 15 is 0 Å². The molecular formula is C22H32N4O5S. The van der Waals surface area contributed by atoms with Gasteiger partial charge in [-0.25, -0.2) is 13.4 Å². The number of aliphatic hydroxyl groups is 1. The lowest BCUT2D eigenvalue weighted by molar-refractivity contribution is 0.0219. The Morgan fingerprint density at radius 3 is 2.34 bits per heavy atom. The number of benzene rings is 1. The lowest BCUT2D eigenvalue weighted by Crippen LogP contribution is -2.47. The van der Waals surface area contributed by atoms with E-state index in [0.717, 1.165) is 5.56 Å². The number of hydrogen-bond donors (Lipinski definition) is 1. The number of aromatic nitrogens is 2. The van der Waals surface area contributed by atoms with Crippen LogP contribution in [-0.4, -0.2) is 84.6 Å². The van der Waals surface area contributed by atoms with E-state index < -0.39 is 22.2 Å². The number of methoxy groups -OCH3 is 1. The minimum atomic E-state index is -3.83. The Balaban J connectivity index is 2.19. The Morgan fingerprint density at radius 1 is 1.16 bits per heavy atom. The second-order valence-corrected chi connectivity index (χ2v) is 9.84. The van der Waals surface area contributed by atoms with Crippen LogP contribution in [0.3, 0.4) is 0 Å². The molecule has 0 bridgehead atoms. The number of aliphatic hydroxyl groups excluding tert-OH is 1. The number of sulfonamides is 1. The first-order valence-corrected chi connectivity index (χ1v) is 11.8. The number of carbonyl (C=O) groups is 1. The molecule has 1 N–H and O–H groups in total. The van der Waals surface area contributed by atoms with E-state index in [1.807, 2.05) is 13.8 Å². The van der Waals surface area contributed by atoms with Gasteiger partial charge in [-0.15, -0.1) is 0 Å². The highest BCUT2D eigenvalue weighted by atomic mass is 32.2. The molecule has 0 aliphatic heterocycles. The second-order valence-electron chi connectivity index (χ2n) is 7.95. The predicted octanol–water partition coefficient (Wildman–Crippen LogP) is 1.58. The maximum Gasteiger partial charge on any atom is 0.273 e. The highest BCUT2D eigenvalue weighted by molar-refractivity contribution is 7.89. The summed E-state index contributed by atoms with van der Waals surface area (Å²) in [4.78, 5) is 22.2. The second kappa shape index (κ2) is 11.5. The standard InChI is InChI=1S/C22H32N4O5S/c1-16-6-8-19(9-7-16)32(29,30)26(18(3)15-27)13-17(2)21(31-5)14-25(4)22(28)20-12-23-10-11-24-20/h6-12,17-18,21,27H,13-15H2,1-5H3/t17-,18+,21+/m0/s1. The van der Waals surface area contributed by atoms with Crippen molar-refractivity contribution in [2.45, 2.75) is 37.8 Å². The highest BCUT2D eigenvalue weighted by Gasteiger charge is 2.33. The van der Waals surface area contributed by atoms with E-state index in [1.165, 1.54) is 34.9 Å². The summed E-state index contributed by atoms with van der Waals surface area (Å²) in [7, 11) is -0.679. The Morgan fingerprint density at radius 2 is 1.81 bits per heavy atom. The predicted molar refractivity (Wildman–Crippen MR) is 121 cm³/mol. The summed E-state index contributed by atoms with van der Waals surface area (Å²) < 4.78 is 33.5. The first-order valence-electron chi connectivity index (χ1n) is 10.4. The maximum absolute atomic E-state index is 13.3. The fraction of sp³-hybridized carbons (Fsp3) is 0.500. The van der Waals surface area contributed by atoms with Gasteiger partial charge < -0.3 is 14.7 Å². The molecule has 2 aromatic rings. The van der Waals surface area contributed by atoms with Crippen molar-refractivity contribution in [3.8, 4) is 0 Å². The Kier molecular flexibility index (Phi) is 9.26. The largest absolute Gasteiger partial charge is 0.395 e. The number of carbonyl (C=O) groups excluding carboxylic acids is 1. The molecule has 10 heteroatoms. The van der Waals surface area contributed by atoms with Crippen molar-refractivity contribution in [2.24, 2.45) is 5.92 Å². The van der Waals surface area contributed by atoms with E-state index in [1.54, 1.807) is 38.2 Å². The number of amides is 1. The molecule has 0 saturated heterocycles. The summed E-state index contributed by atoms with van der Waals surface area (Å²) in [6, 6.07) is 5.98. The van der Waals surface area contributed by atoms with E-state index in [-0.39, 0.29) is 42.1 Å². The van der Waals surface area contributed by atoms with Crippen LogP contribution in [-0.2, 0) is 14.8 Å². The SMILES string of the molecule is CO[C@H](CN(C)C(=O)c1cnccn1)[C@@H](C)CN([C@H](C)CO)S(=O)(=O)c1ccc(C)cc1. The summed E-state index contributed by atoms with van der Waals surface area (Å²) in [5.41, 5.74) is 1.17. The minimum absolute atomic E-state index is 0.115. The highest BCUT2D eigenvalue weighted by Crippen LogP contribution is 2.22. The van der Waals surface area contributed by atoms with Crippen molar-refractivity contribution in [3.63, 3.8) is 0 Å². The van der Waals surface area contributed by atoms with Crippen molar-refractivity contribution in [3.05, 3.63) is 54.1 Å². The van der Waals surface area contributed by atoms with Crippen LogP contribution in [0.1, 0.15) is 29.9 Å². The monoisotopic (exact) mass is 464 g/mol. The van der Waals surface area contributed by atoms with Crippen LogP contribution < -0.4 is 0 Å². The zero-order valence-electron chi connectivity index (χ0n) is 19.2. The van der Waals surface area contributed by atoms with Gasteiger partial charge in [0.05, 0.1) is 23.8 Å². The van der Waals surface area contributed by atoms with E-state index in [4.69, 9.17) is 4.74 Å². The smallest absolute Gasteiger partial charge is 0.273 e. The molecule has 0 aliphatic carbocycles. The van der Waals surface area contributed by atoms with Crippen LogP contribution in [0, 0.1) is 12.8 Å². The molecule has 32 heavy (non-hydrogen) atoms. The van der Waals surface area contributed by atoms with Crippen molar-refractivity contribution < 1.29 is 23.1 Å². The fourth-order valence-corrected chi connectivity index (χ4v) is 5.02. The molecule has 1 aromatic carbocycles. The molecule has 0 radical (unpaired) electrons. The molecule has 2 rings (SSSR count). The van der Waals surface area contributed by atoms with Crippen LogP contribution in [0.2, 0.25) is 0 Å². The minimum Gasteiger partial charge on any atom is -0.395 e.